The number of rotatable bonds is 15. The quantitative estimate of drug-likeness (QED) is 0.0711. The van der Waals surface area contributed by atoms with Crippen molar-refractivity contribution in [2.24, 2.45) is 0 Å². The molecule has 0 aliphatic rings. The van der Waals surface area contributed by atoms with Gasteiger partial charge in [0.2, 0.25) is 57.8 Å². The average Bonchev–Trinajstić information content (AvgIpc) is 3.56. The van der Waals surface area contributed by atoms with Crippen LogP contribution in [-0.2, 0) is 0 Å². The van der Waals surface area contributed by atoms with E-state index in [9.17, 15) is 47.9 Å². The molecule has 0 radical (unpaired) electrons. The second-order valence-electron chi connectivity index (χ2n) is 18.7. The van der Waals surface area contributed by atoms with Crippen molar-refractivity contribution < 1.29 is 47.9 Å². The zero-order valence-corrected chi connectivity index (χ0v) is 46.6. The van der Waals surface area contributed by atoms with E-state index in [1.165, 1.54) is 0 Å². The third kappa shape index (κ3) is 17.4. The first kappa shape index (κ1) is 62.1. The molecule has 0 aliphatic heterocycles. The summed E-state index contributed by atoms with van der Waals surface area (Å²) in [5, 5.41) is 0. The second kappa shape index (κ2) is 31.6. The zero-order valence-electron chi connectivity index (χ0n) is 46.6. The Hall–Kier alpha value is -11.1. The Kier molecular flexibility index (Phi) is 23.4. The molecule has 0 N–H and O–H groups in total. The molecule has 10 heteroatoms. The van der Waals surface area contributed by atoms with Gasteiger partial charge in [0.1, 0.15) is 0 Å². The summed E-state index contributed by atoms with van der Waals surface area (Å²) >= 11 is 0. The Bertz CT molecular complexity index is 3410. The molecule has 0 bridgehead atoms. The van der Waals surface area contributed by atoms with Crippen LogP contribution in [-0.4, -0.2) is 57.8 Å². The highest BCUT2D eigenvalue weighted by Gasteiger charge is 2.23. The molecule has 10 aromatic rings. The van der Waals surface area contributed by atoms with Gasteiger partial charge in [-0.15, -0.1) is 0 Å². The van der Waals surface area contributed by atoms with E-state index in [-0.39, 0.29) is 0 Å². The predicted octanol–water partition coefficient (Wildman–Crippen LogP) is 15.0. The average molecular weight is 1110 g/mol. The fourth-order valence-corrected chi connectivity index (χ4v) is 8.00. The lowest BCUT2D eigenvalue weighted by molar-refractivity contribution is 0.0816. The smallest absolute Gasteiger partial charge is 0.233 e. The van der Waals surface area contributed by atoms with Crippen molar-refractivity contribution in [1.82, 2.24) is 0 Å². The molecular formula is C74H58O10. The van der Waals surface area contributed by atoms with E-state index >= 15 is 0 Å². The molecule has 414 valence electrons. The first-order valence-corrected chi connectivity index (χ1v) is 26.6. The second-order valence-corrected chi connectivity index (χ2v) is 18.7. The van der Waals surface area contributed by atoms with E-state index in [1.807, 2.05) is 88.4 Å². The fourth-order valence-electron chi connectivity index (χ4n) is 8.00. The normalized spacial score (nSPS) is 9.90. The minimum atomic E-state index is -0.466. The molecule has 0 fully saturated rings. The molecule has 0 spiro atoms. The van der Waals surface area contributed by atoms with Gasteiger partial charge in [0, 0.05) is 55.6 Å². The zero-order chi connectivity index (χ0) is 60.4. The molecule has 84 heavy (non-hydrogen) atoms. The molecule has 10 nitrogen and oxygen atoms in total. The van der Waals surface area contributed by atoms with E-state index in [0.717, 1.165) is 22.3 Å². The predicted molar refractivity (Wildman–Crippen MR) is 327 cm³/mol. The van der Waals surface area contributed by atoms with E-state index in [4.69, 9.17) is 0 Å². The highest BCUT2D eigenvalue weighted by molar-refractivity contribution is 6.51. The van der Waals surface area contributed by atoms with Crippen LogP contribution in [0.25, 0.3) is 0 Å². The SMILES string of the molecule is Cc1cccc(C(=O)C(=O)c2ccccc2)c1C.Cc1cccc(C(=O)C(=O)c2ccccc2)c1C.O=C(C(=O)c1ccccc1)c1ccccc1.O=C(C(=O)c1ccccc1)c1ccccc1.O=C(C(=O)c1ccccc1)c1ccccc1. The maximum atomic E-state index is 12.2. The van der Waals surface area contributed by atoms with Crippen molar-refractivity contribution in [2.75, 3.05) is 0 Å². The van der Waals surface area contributed by atoms with Crippen LogP contribution in [0.4, 0.5) is 0 Å². The van der Waals surface area contributed by atoms with E-state index in [2.05, 4.69) is 0 Å². The summed E-state index contributed by atoms with van der Waals surface area (Å²) in [6, 6.07) is 79.6. The number of Topliss-reactive ketones (excluding diaryl/α,β-unsaturated/α-hetero) is 10. The van der Waals surface area contributed by atoms with Crippen molar-refractivity contribution in [2.45, 2.75) is 27.7 Å². The number of hydrogen-bond acceptors (Lipinski definition) is 10. The monoisotopic (exact) mass is 1110 g/mol. The van der Waals surface area contributed by atoms with Crippen molar-refractivity contribution >= 4 is 57.8 Å². The molecule has 0 unspecified atom stereocenters. The van der Waals surface area contributed by atoms with Gasteiger partial charge in [-0.25, -0.2) is 0 Å². The van der Waals surface area contributed by atoms with Crippen molar-refractivity contribution in [3.8, 4) is 0 Å². The Morgan fingerprint density at radius 2 is 0.310 bits per heavy atom. The highest BCUT2D eigenvalue weighted by Crippen LogP contribution is 2.18. The van der Waals surface area contributed by atoms with Crippen LogP contribution in [0.1, 0.15) is 126 Å². The van der Waals surface area contributed by atoms with Gasteiger partial charge in [-0.2, -0.15) is 0 Å². The van der Waals surface area contributed by atoms with Crippen LogP contribution in [0.3, 0.4) is 0 Å². The lowest BCUT2D eigenvalue weighted by Gasteiger charge is -2.06. The maximum absolute atomic E-state index is 12.2. The molecule has 0 atom stereocenters. The first-order chi connectivity index (χ1) is 40.6. The minimum Gasteiger partial charge on any atom is -0.285 e. The third-order valence-corrected chi connectivity index (χ3v) is 13.0. The summed E-state index contributed by atoms with van der Waals surface area (Å²) in [5.74, 6) is -4.59. The Labute approximate surface area is 488 Å². The van der Waals surface area contributed by atoms with Gasteiger partial charge in [0.25, 0.3) is 0 Å². The molecule has 0 saturated heterocycles. The molecular weight excluding hydrogens is 1050 g/mol. The van der Waals surface area contributed by atoms with Crippen molar-refractivity contribution in [3.05, 3.63) is 357 Å². The summed E-state index contributed by atoms with van der Waals surface area (Å²) in [6.45, 7) is 7.58. The van der Waals surface area contributed by atoms with Crippen LogP contribution in [0.15, 0.2) is 279 Å². The topological polar surface area (TPSA) is 171 Å². The highest BCUT2D eigenvalue weighted by atomic mass is 16.2. The van der Waals surface area contributed by atoms with Gasteiger partial charge in [-0.1, -0.05) is 279 Å². The lowest BCUT2D eigenvalue weighted by Crippen LogP contribution is -2.15. The molecule has 0 saturated carbocycles. The molecule has 0 amide bonds. The minimum absolute atomic E-state index is 0.427. The van der Waals surface area contributed by atoms with Gasteiger partial charge in [0.15, 0.2) is 0 Å². The number of hydrogen-bond donors (Lipinski definition) is 0. The summed E-state index contributed by atoms with van der Waals surface area (Å²) in [5.41, 5.74) is 8.18. The number of ketones is 10. The number of carbonyl (C=O) groups is 10. The summed E-state index contributed by atoms with van der Waals surface area (Å²) < 4.78 is 0. The third-order valence-electron chi connectivity index (χ3n) is 13.0. The molecule has 0 heterocycles. The van der Waals surface area contributed by atoms with Crippen molar-refractivity contribution in [3.63, 3.8) is 0 Å². The van der Waals surface area contributed by atoms with Gasteiger partial charge < -0.3 is 0 Å². The van der Waals surface area contributed by atoms with Crippen molar-refractivity contribution in [1.29, 1.82) is 0 Å². The van der Waals surface area contributed by atoms with E-state index in [0.29, 0.717) is 55.6 Å². The fraction of sp³-hybridized carbons (Fsp3) is 0.0541. The van der Waals surface area contributed by atoms with Gasteiger partial charge >= 0.3 is 0 Å². The van der Waals surface area contributed by atoms with Gasteiger partial charge in [-0.05, 0) is 49.9 Å². The lowest BCUT2D eigenvalue weighted by atomic mass is 9.95. The Morgan fingerprint density at radius 1 is 0.167 bits per heavy atom. The van der Waals surface area contributed by atoms with Crippen LogP contribution >= 0.6 is 0 Å². The number of carbonyl (C=O) groups excluding carboxylic acids is 10. The standard InChI is InChI=1S/2C16H14O2.3C14H10O2/c2*1-11-7-6-10-14(12(11)2)16(18)15(17)13-8-4-3-5-9-13;3*15-13(11-7-3-1-4-8-11)14(16)12-9-5-2-6-10-12/h2*3-10H,1-2H3;3*1-10H. The van der Waals surface area contributed by atoms with Crippen LogP contribution in [0.5, 0.6) is 0 Å². The van der Waals surface area contributed by atoms with Crippen LogP contribution in [0, 0.1) is 27.7 Å². The van der Waals surface area contributed by atoms with Gasteiger partial charge in [0.05, 0.1) is 0 Å². The molecule has 10 aromatic carbocycles. The summed E-state index contributed by atoms with van der Waals surface area (Å²) in [4.78, 5) is 119. The summed E-state index contributed by atoms with van der Waals surface area (Å²) in [7, 11) is 0. The molecule has 0 aromatic heterocycles. The molecule has 10 rings (SSSR count). The Balaban J connectivity index is 0.000000169. The number of benzene rings is 10. The van der Waals surface area contributed by atoms with E-state index in [1.54, 1.807) is 218 Å². The number of aryl methyl sites for hydroxylation is 2. The molecule has 0 aliphatic carbocycles. The Morgan fingerprint density at radius 3 is 0.464 bits per heavy atom. The van der Waals surface area contributed by atoms with Gasteiger partial charge in [-0.3, -0.25) is 47.9 Å². The van der Waals surface area contributed by atoms with Crippen LogP contribution in [0.2, 0.25) is 0 Å². The largest absolute Gasteiger partial charge is 0.285 e. The first-order valence-electron chi connectivity index (χ1n) is 26.6. The van der Waals surface area contributed by atoms with E-state index < -0.39 is 57.8 Å². The maximum Gasteiger partial charge on any atom is 0.233 e. The summed E-state index contributed by atoms with van der Waals surface area (Å²) in [6.07, 6.45) is 0. The van der Waals surface area contributed by atoms with Crippen LogP contribution < -0.4 is 0 Å².